The molecule has 8 N–H and O–H groups in total. The molecule has 2 rings (SSSR count). The van der Waals surface area contributed by atoms with Gasteiger partial charge in [-0.3, -0.25) is 19.2 Å². The minimum atomic E-state index is -1.41. The molecule has 34 heavy (non-hydrogen) atoms. The van der Waals surface area contributed by atoms with Crippen molar-refractivity contribution in [1.29, 1.82) is 0 Å². The molecule has 0 aromatic carbocycles. The van der Waals surface area contributed by atoms with Gasteiger partial charge in [-0.25, -0.2) is 9.78 Å². The standard InChI is InChI=1S/C21H33N7O6/c1-11(2)6-16(21(33)34)28-20(32)15(8-17(22)29)27-19(31)14(7-12-9-23-10-25-12)26-18(30)13-4-3-5-24-13/h9-11,13-16,24H,3-8H2,1-2H3,(H2,22,29)(H,23,25)(H,26,30)(H,27,31)(H,28,32)(H,33,34). The fraction of sp³-hybridized carbons (Fsp3) is 0.619. The molecule has 1 saturated heterocycles. The van der Waals surface area contributed by atoms with Crippen LogP contribution in [-0.4, -0.2) is 75.4 Å². The Hall–Kier alpha value is -3.48. The van der Waals surface area contributed by atoms with Crippen molar-refractivity contribution in [2.75, 3.05) is 6.54 Å². The van der Waals surface area contributed by atoms with Crippen LogP contribution in [-0.2, 0) is 30.4 Å². The number of primary amides is 1. The van der Waals surface area contributed by atoms with Crippen molar-refractivity contribution in [3.8, 4) is 0 Å². The van der Waals surface area contributed by atoms with Crippen LogP contribution in [0.15, 0.2) is 12.5 Å². The number of carboxylic acid groups (broad SMARTS) is 1. The molecule has 1 aromatic rings. The number of hydrogen-bond donors (Lipinski definition) is 7. The zero-order chi connectivity index (χ0) is 25.3. The fourth-order valence-corrected chi connectivity index (χ4v) is 3.65. The Balaban J connectivity index is 2.15. The van der Waals surface area contributed by atoms with E-state index in [-0.39, 0.29) is 24.7 Å². The summed E-state index contributed by atoms with van der Waals surface area (Å²) < 4.78 is 0. The van der Waals surface area contributed by atoms with Crippen LogP contribution in [0.3, 0.4) is 0 Å². The van der Waals surface area contributed by atoms with Gasteiger partial charge in [0.15, 0.2) is 0 Å². The van der Waals surface area contributed by atoms with Crippen molar-refractivity contribution >= 4 is 29.6 Å². The average Bonchev–Trinajstić information content (AvgIpc) is 3.45. The van der Waals surface area contributed by atoms with Crippen LogP contribution in [0, 0.1) is 5.92 Å². The number of aromatic nitrogens is 2. The number of hydrogen-bond acceptors (Lipinski definition) is 7. The number of nitrogens with one attached hydrogen (secondary N) is 5. The molecule has 0 radical (unpaired) electrons. The highest BCUT2D eigenvalue weighted by atomic mass is 16.4. The highest BCUT2D eigenvalue weighted by Gasteiger charge is 2.32. The summed E-state index contributed by atoms with van der Waals surface area (Å²) >= 11 is 0. The van der Waals surface area contributed by atoms with Crippen LogP contribution in [0.5, 0.6) is 0 Å². The number of H-pyrrole nitrogens is 1. The largest absolute Gasteiger partial charge is 0.480 e. The van der Waals surface area contributed by atoms with E-state index in [4.69, 9.17) is 5.73 Å². The molecule has 4 amide bonds. The third-order valence-electron chi connectivity index (χ3n) is 5.35. The van der Waals surface area contributed by atoms with E-state index in [0.717, 1.165) is 6.42 Å². The number of imidazole rings is 1. The van der Waals surface area contributed by atoms with Gasteiger partial charge in [-0.05, 0) is 31.7 Å². The average molecular weight is 480 g/mol. The maximum absolute atomic E-state index is 13.1. The minimum absolute atomic E-state index is 0.0243. The summed E-state index contributed by atoms with van der Waals surface area (Å²) in [5.41, 5.74) is 5.82. The van der Waals surface area contributed by atoms with E-state index in [1.54, 1.807) is 13.8 Å². The Morgan fingerprint density at radius 1 is 1.12 bits per heavy atom. The molecule has 1 aromatic heterocycles. The van der Waals surface area contributed by atoms with E-state index in [1.165, 1.54) is 12.5 Å². The van der Waals surface area contributed by atoms with Gasteiger partial charge in [-0.1, -0.05) is 13.8 Å². The first-order valence-electron chi connectivity index (χ1n) is 11.2. The Morgan fingerprint density at radius 2 is 1.79 bits per heavy atom. The van der Waals surface area contributed by atoms with Gasteiger partial charge < -0.3 is 37.1 Å². The summed E-state index contributed by atoms with van der Waals surface area (Å²) in [6.45, 7) is 4.29. The number of rotatable bonds is 13. The first kappa shape index (κ1) is 26.8. The van der Waals surface area contributed by atoms with Crippen molar-refractivity contribution in [1.82, 2.24) is 31.2 Å². The van der Waals surface area contributed by atoms with Gasteiger partial charge in [0, 0.05) is 18.3 Å². The lowest BCUT2D eigenvalue weighted by Gasteiger charge is -2.25. The molecule has 4 atom stereocenters. The monoisotopic (exact) mass is 479 g/mol. The Bertz CT molecular complexity index is 867. The van der Waals surface area contributed by atoms with E-state index in [0.29, 0.717) is 18.7 Å². The second-order valence-corrected chi connectivity index (χ2v) is 8.75. The van der Waals surface area contributed by atoms with Crippen LogP contribution >= 0.6 is 0 Å². The van der Waals surface area contributed by atoms with Gasteiger partial charge in [0.2, 0.25) is 23.6 Å². The first-order valence-corrected chi connectivity index (χ1v) is 11.2. The molecular formula is C21H33N7O6. The van der Waals surface area contributed by atoms with Crippen LogP contribution in [0.4, 0.5) is 0 Å². The normalized spacial score (nSPS) is 18.0. The summed E-state index contributed by atoms with van der Waals surface area (Å²) in [4.78, 5) is 68.3. The molecule has 4 unspecified atom stereocenters. The van der Waals surface area contributed by atoms with Gasteiger partial charge in [0.25, 0.3) is 0 Å². The zero-order valence-electron chi connectivity index (χ0n) is 19.3. The Morgan fingerprint density at radius 3 is 2.32 bits per heavy atom. The van der Waals surface area contributed by atoms with Crippen molar-refractivity contribution in [3.05, 3.63) is 18.2 Å². The summed E-state index contributed by atoms with van der Waals surface area (Å²) in [6, 6.07) is -4.13. The van der Waals surface area contributed by atoms with Crippen molar-refractivity contribution in [3.63, 3.8) is 0 Å². The van der Waals surface area contributed by atoms with Gasteiger partial charge >= 0.3 is 5.97 Å². The van der Waals surface area contributed by atoms with E-state index in [2.05, 4.69) is 31.2 Å². The molecule has 1 fully saturated rings. The molecule has 0 bridgehead atoms. The molecule has 0 spiro atoms. The quantitative estimate of drug-likeness (QED) is 0.171. The van der Waals surface area contributed by atoms with Gasteiger partial charge in [0.1, 0.15) is 18.1 Å². The molecule has 1 aliphatic heterocycles. The second-order valence-electron chi connectivity index (χ2n) is 8.75. The SMILES string of the molecule is CC(C)CC(NC(=O)C(CC(N)=O)NC(=O)C(Cc1cnc[nH]1)NC(=O)C1CCCN1)C(=O)O. The maximum atomic E-state index is 13.1. The lowest BCUT2D eigenvalue weighted by atomic mass is 10.0. The van der Waals surface area contributed by atoms with Gasteiger partial charge in [-0.15, -0.1) is 0 Å². The predicted molar refractivity (Wildman–Crippen MR) is 120 cm³/mol. The van der Waals surface area contributed by atoms with E-state index >= 15 is 0 Å². The van der Waals surface area contributed by atoms with E-state index < -0.39 is 54.3 Å². The summed E-state index contributed by atoms with van der Waals surface area (Å²) in [5, 5.41) is 19.9. The molecule has 1 aliphatic rings. The number of aliphatic carboxylic acids is 1. The molecule has 188 valence electrons. The van der Waals surface area contributed by atoms with E-state index in [1.807, 2.05) is 0 Å². The Kier molecular flexibility index (Phi) is 9.98. The number of carbonyl (C=O) groups is 5. The van der Waals surface area contributed by atoms with Crippen molar-refractivity contribution < 1.29 is 29.1 Å². The lowest BCUT2D eigenvalue weighted by Crippen LogP contribution is -2.58. The van der Waals surface area contributed by atoms with Gasteiger partial charge in [-0.2, -0.15) is 0 Å². The lowest BCUT2D eigenvalue weighted by molar-refractivity contribution is -0.143. The number of carboxylic acids is 1. The van der Waals surface area contributed by atoms with Crippen LogP contribution in [0.25, 0.3) is 0 Å². The van der Waals surface area contributed by atoms with Crippen LogP contribution < -0.4 is 27.0 Å². The number of nitrogens with two attached hydrogens (primary N) is 1. The third kappa shape index (κ3) is 8.46. The number of amides is 4. The number of aromatic amines is 1. The predicted octanol–water partition coefficient (Wildman–Crippen LogP) is -1.84. The second kappa shape index (κ2) is 12.7. The van der Waals surface area contributed by atoms with E-state index in [9.17, 15) is 29.1 Å². The first-order chi connectivity index (χ1) is 16.1. The van der Waals surface area contributed by atoms with Gasteiger partial charge in [0.05, 0.1) is 18.8 Å². The molecule has 0 aliphatic carbocycles. The topological polar surface area (TPSA) is 208 Å². The smallest absolute Gasteiger partial charge is 0.326 e. The third-order valence-corrected chi connectivity index (χ3v) is 5.35. The minimum Gasteiger partial charge on any atom is -0.480 e. The highest BCUT2D eigenvalue weighted by molar-refractivity contribution is 5.96. The molecule has 13 nitrogen and oxygen atoms in total. The molecular weight excluding hydrogens is 446 g/mol. The summed E-state index contributed by atoms with van der Waals surface area (Å²) in [5.74, 6) is -4.07. The number of carbonyl (C=O) groups excluding carboxylic acids is 4. The van der Waals surface area contributed by atoms with Crippen molar-refractivity contribution in [2.45, 2.75) is 70.1 Å². The van der Waals surface area contributed by atoms with Crippen LogP contribution in [0.1, 0.15) is 45.2 Å². The summed E-state index contributed by atoms with van der Waals surface area (Å²) in [7, 11) is 0. The highest BCUT2D eigenvalue weighted by Crippen LogP contribution is 2.08. The maximum Gasteiger partial charge on any atom is 0.326 e. The fourth-order valence-electron chi connectivity index (χ4n) is 3.65. The number of nitrogens with zero attached hydrogens (tertiary/aromatic N) is 1. The molecule has 2 heterocycles. The zero-order valence-corrected chi connectivity index (χ0v) is 19.3. The summed E-state index contributed by atoms with van der Waals surface area (Å²) in [6.07, 6.45) is 4.05. The molecule has 13 heteroatoms. The van der Waals surface area contributed by atoms with Crippen LogP contribution in [0.2, 0.25) is 0 Å². The van der Waals surface area contributed by atoms with Crippen molar-refractivity contribution in [2.24, 2.45) is 11.7 Å². The Labute approximate surface area is 197 Å². The molecule has 0 saturated carbocycles.